The SMILES string of the molecule is CCc1nnc(SCC(=O)NC23CC4CC(CC(C4)C2)C3)n1-n1cccc1. The molecule has 1 amide bonds. The van der Waals surface area contributed by atoms with Gasteiger partial charge in [0.25, 0.3) is 0 Å². The van der Waals surface area contributed by atoms with Crippen LogP contribution < -0.4 is 5.32 Å². The maximum atomic E-state index is 12.8. The molecule has 4 fully saturated rings. The smallest absolute Gasteiger partial charge is 0.230 e. The van der Waals surface area contributed by atoms with Gasteiger partial charge in [-0.2, -0.15) is 0 Å². The van der Waals surface area contributed by atoms with Gasteiger partial charge in [-0.1, -0.05) is 18.7 Å². The zero-order valence-corrected chi connectivity index (χ0v) is 16.6. The number of carbonyl (C=O) groups is 1. The first-order valence-electron chi connectivity index (χ1n) is 10.2. The van der Waals surface area contributed by atoms with E-state index in [0.29, 0.717) is 5.75 Å². The van der Waals surface area contributed by atoms with Gasteiger partial charge in [-0.15, -0.1) is 10.2 Å². The zero-order valence-electron chi connectivity index (χ0n) is 15.8. The molecule has 6 rings (SSSR count). The highest BCUT2D eigenvalue weighted by Gasteiger charge is 2.51. The highest BCUT2D eigenvalue weighted by Crippen LogP contribution is 2.55. The summed E-state index contributed by atoms with van der Waals surface area (Å²) >= 11 is 1.47. The minimum absolute atomic E-state index is 0.0784. The molecule has 7 heteroatoms. The molecule has 0 saturated heterocycles. The van der Waals surface area contributed by atoms with Gasteiger partial charge >= 0.3 is 0 Å². The van der Waals surface area contributed by atoms with Crippen LogP contribution in [0.1, 0.15) is 51.3 Å². The second-order valence-electron chi connectivity index (χ2n) is 8.66. The maximum absolute atomic E-state index is 12.8. The standard InChI is InChI=1S/C20H27N5OS/c1-2-17-22-23-19(25(17)24-5-3-4-6-24)27-13-18(26)21-20-10-14-7-15(11-20)9-16(8-14)12-20/h3-6,14-16H,2,7-13H2,1H3,(H,21,26). The molecule has 0 aliphatic heterocycles. The molecule has 2 aromatic heterocycles. The highest BCUT2D eigenvalue weighted by atomic mass is 32.2. The van der Waals surface area contributed by atoms with Crippen LogP contribution in [-0.4, -0.2) is 36.7 Å². The van der Waals surface area contributed by atoms with Gasteiger partial charge in [0.2, 0.25) is 11.1 Å². The number of rotatable bonds is 6. The number of aryl methyl sites for hydroxylation is 1. The van der Waals surface area contributed by atoms with Crippen molar-refractivity contribution in [3.63, 3.8) is 0 Å². The molecular formula is C20H27N5OS. The first kappa shape index (κ1) is 17.3. The number of carbonyl (C=O) groups excluding carboxylic acids is 1. The third-order valence-corrected chi connectivity index (χ3v) is 7.51. The summed E-state index contributed by atoms with van der Waals surface area (Å²) in [5, 5.41) is 12.8. The molecule has 0 spiro atoms. The Bertz CT molecular complexity index is 792. The number of amides is 1. The molecule has 4 aliphatic rings. The first-order chi connectivity index (χ1) is 13.1. The summed E-state index contributed by atoms with van der Waals surface area (Å²) in [4.78, 5) is 12.8. The molecule has 0 radical (unpaired) electrons. The lowest BCUT2D eigenvalue weighted by molar-refractivity contribution is -0.124. The van der Waals surface area contributed by atoms with Gasteiger partial charge in [-0.05, 0) is 68.4 Å². The van der Waals surface area contributed by atoms with Crippen molar-refractivity contribution in [3.8, 4) is 0 Å². The van der Waals surface area contributed by atoms with Gasteiger partial charge in [0.05, 0.1) is 5.75 Å². The van der Waals surface area contributed by atoms with E-state index in [1.54, 1.807) is 0 Å². The molecule has 4 aliphatic carbocycles. The van der Waals surface area contributed by atoms with Crippen LogP contribution in [0.15, 0.2) is 29.7 Å². The summed E-state index contributed by atoms with van der Waals surface area (Å²) in [5.74, 6) is 3.96. The molecule has 0 atom stereocenters. The van der Waals surface area contributed by atoms with Crippen molar-refractivity contribution in [1.82, 2.24) is 24.9 Å². The lowest BCUT2D eigenvalue weighted by Crippen LogP contribution is -2.60. The lowest BCUT2D eigenvalue weighted by atomic mass is 9.53. The van der Waals surface area contributed by atoms with Crippen LogP contribution in [-0.2, 0) is 11.2 Å². The average molecular weight is 386 g/mol. The maximum Gasteiger partial charge on any atom is 0.230 e. The van der Waals surface area contributed by atoms with Gasteiger partial charge in [0.1, 0.15) is 0 Å². The molecule has 6 nitrogen and oxygen atoms in total. The predicted octanol–water partition coefficient (Wildman–Crippen LogP) is 3.13. The molecule has 144 valence electrons. The van der Waals surface area contributed by atoms with Crippen molar-refractivity contribution in [2.75, 3.05) is 5.75 Å². The summed E-state index contributed by atoms with van der Waals surface area (Å²) in [6, 6.07) is 3.96. The molecule has 0 unspecified atom stereocenters. The van der Waals surface area contributed by atoms with Crippen LogP contribution in [0.5, 0.6) is 0 Å². The summed E-state index contributed by atoms with van der Waals surface area (Å²) in [6.45, 7) is 2.07. The Morgan fingerprint density at radius 1 is 1.15 bits per heavy atom. The molecule has 4 bridgehead atoms. The summed E-state index contributed by atoms with van der Waals surface area (Å²) in [7, 11) is 0. The first-order valence-corrected chi connectivity index (χ1v) is 11.1. The predicted molar refractivity (Wildman–Crippen MR) is 104 cm³/mol. The van der Waals surface area contributed by atoms with Crippen molar-refractivity contribution in [3.05, 3.63) is 30.4 Å². The van der Waals surface area contributed by atoms with Gasteiger partial charge in [0.15, 0.2) is 5.82 Å². The van der Waals surface area contributed by atoms with Crippen LogP contribution >= 0.6 is 11.8 Å². The van der Waals surface area contributed by atoms with Crippen molar-refractivity contribution in [2.45, 2.75) is 62.6 Å². The Balaban J connectivity index is 1.26. The Morgan fingerprint density at radius 2 is 1.78 bits per heavy atom. The number of aromatic nitrogens is 4. The Labute approximate surface area is 164 Å². The molecule has 1 N–H and O–H groups in total. The van der Waals surface area contributed by atoms with Crippen molar-refractivity contribution in [2.24, 2.45) is 17.8 Å². The molecule has 4 saturated carbocycles. The van der Waals surface area contributed by atoms with Crippen LogP contribution in [0.3, 0.4) is 0 Å². The fraction of sp³-hybridized carbons (Fsp3) is 0.650. The van der Waals surface area contributed by atoms with Crippen LogP contribution in [0.2, 0.25) is 0 Å². The quantitative estimate of drug-likeness (QED) is 0.776. The van der Waals surface area contributed by atoms with Gasteiger partial charge in [0, 0.05) is 24.4 Å². The van der Waals surface area contributed by atoms with E-state index in [4.69, 9.17) is 0 Å². The lowest BCUT2D eigenvalue weighted by Gasteiger charge is -2.56. The van der Waals surface area contributed by atoms with E-state index in [-0.39, 0.29) is 11.4 Å². The second-order valence-corrected chi connectivity index (χ2v) is 9.60. The topological polar surface area (TPSA) is 64.7 Å². The van der Waals surface area contributed by atoms with E-state index in [1.807, 2.05) is 33.9 Å². The average Bonchev–Trinajstić information content (AvgIpc) is 3.27. The third-order valence-electron chi connectivity index (χ3n) is 6.59. The monoisotopic (exact) mass is 385 g/mol. The molecule has 2 aromatic rings. The van der Waals surface area contributed by atoms with E-state index in [2.05, 4.69) is 22.4 Å². The molecule has 0 aromatic carbocycles. The van der Waals surface area contributed by atoms with E-state index < -0.39 is 0 Å². The van der Waals surface area contributed by atoms with E-state index in [0.717, 1.165) is 35.2 Å². The van der Waals surface area contributed by atoms with Crippen LogP contribution in [0.25, 0.3) is 0 Å². The summed E-state index contributed by atoms with van der Waals surface area (Å²) in [6.07, 6.45) is 12.5. The Kier molecular flexibility index (Phi) is 4.30. The minimum atomic E-state index is 0.0784. The number of hydrogen-bond donors (Lipinski definition) is 1. The molecule has 2 heterocycles. The van der Waals surface area contributed by atoms with Crippen molar-refractivity contribution < 1.29 is 4.79 Å². The highest BCUT2D eigenvalue weighted by molar-refractivity contribution is 7.99. The number of hydrogen-bond acceptors (Lipinski definition) is 4. The Morgan fingerprint density at radius 3 is 2.37 bits per heavy atom. The number of thioether (sulfide) groups is 1. The molecule has 27 heavy (non-hydrogen) atoms. The van der Waals surface area contributed by atoms with Crippen molar-refractivity contribution >= 4 is 17.7 Å². The van der Waals surface area contributed by atoms with E-state index in [9.17, 15) is 4.79 Å². The fourth-order valence-electron chi connectivity index (χ4n) is 6.02. The summed E-state index contributed by atoms with van der Waals surface area (Å²) < 4.78 is 3.96. The molecular weight excluding hydrogens is 358 g/mol. The third kappa shape index (κ3) is 3.20. The van der Waals surface area contributed by atoms with Gasteiger partial charge in [-0.3, -0.25) is 9.47 Å². The summed E-state index contributed by atoms with van der Waals surface area (Å²) in [5.41, 5.74) is 0.0784. The van der Waals surface area contributed by atoms with Crippen molar-refractivity contribution in [1.29, 1.82) is 0 Å². The van der Waals surface area contributed by atoms with Gasteiger partial charge in [-0.25, -0.2) is 4.68 Å². The van der Waals surface area contributed by atoms with Crippen LogP contribution in [0.4, 0.5) is 0 Å². The van der Waals surface area contributed by atoms with E-state index in [1.165, 1.54) is 50.3 Å². The van der Waals surface area contributed by atoms with E-state index >= 15 is 0 Å². The fourth-order valence-corrected chi connectivity index (χ4v) is 6.78. The minimum Gasteiger partial charge on any atom is -0.350 e. The van der Waals surface area contributed by atoms with Gasteiger partial charge < -0.3 is 5.32 Å². The van der Waals surface area contributed by atoms with Crippen LogP contribution in [0, 0.1) is 17.8 Å². The number of nitrogens with zero attached hydrogens (tertiary/aromatic N) is 4. The number of nitrogens with one attached hydrogen (secondary N) is 1. The second kappa shape index (κ2) is 6.69. The Hall–Kier alpha value is -1.76. The zero-order chi connectivity index (χ0) is 18.4. The largest absolute Gasteiger partial charge is 0.350 e. The normalized spacial score (nSPS) is 31.4.